The van der Waals surface area contributed by atoms with Crippen molar-refractivity contribution in [3.63, 3.8) is 0 Å². The molecule has 0 fully saturated rings. The minimum Gasteiger partial charge on any atom is -0.349 e. The Labute approximate surface area is 162 Å². The Morgan fingerprint density at radius 1 is 1.23 bits per heavy atom. The number of tetrazole rings is 1. The molecule has 26 heavy (non-hydrogen) atoms. The maximum atomic E-state index is 12.5. The van der Waals surface area contributed by atoms with Crippen LogP contribution in [0.4, 0.5) is 0 Å². The van der Waals surface area contributed by atoms with Crippen LogP contribution in [0.1, 0.15) is 46.6 Å². The van der Waals surface area contributed by atoms with E-state index in [0.29, 0.717) is 23.0 Å². The van der Waals surface area contributed by atoms with Gasteiger partial charge in [0.25, 0.3) is 5.91 Å². The largest absolute Gasteiger partial charge is 0.349 e. The van der Waals surface area contributed by atoms with E-state index in [4.69, 9.17) is 5.73 Å². The first-order valence-electron chi connectivity index (χ1n) is 8.00. The SMILES string of the molecule is CC(C)c1ccc(C(N)CNC(=O)c2sccc2-n2cnnn2)cc1.Cl. The van der Waals surface area contributed by atoms with Gasteiger partial charge in [-0.05, 0) is 38.9 Å². The minimum atomic E-state index is -0.262. The lowest BCUT2D eigenvalue weighted by Crippen LogP contribution is -2.32. The number of amides is 1. The van der Waals surface area contributed by atoms with Gasteiger partial charge in [0.1, 0.15) is 11.2 Å². The molecular formula is C17H21ClN6OS. The summed E-state index contributed by atoms with van der Waals surface area (Å²) in [6, 6.07) is 9.74. The molecule has 0 aliphatic carbocycles. The number of halogens is 1. The zero-order valence-corrected chi connectivity index (χ0v) is 16.1. The van der Waals surface area contributed by atoms with Crippen molar-refractivity contribution < 1.29 is 4.79 Å². The number of nitrogens with two attached hydrogens (primary N) is 1. The van der Waals surface area contributed by atoms with Gasteiger partial charge in [0, 0.05) is 12.6 Å². The second-order valence-corrected chi connectivity index (χ2v) is 6.94. The van der Waals surface area contributed by atoms with Crippen molar-refractivity contribution in [2.45, 2.75) is 25.8 Å². The number of hydrogen-bond acceptors (Lipinski definition) is 6. The molecule has 0 radical (unpaired) electrons. The van der Waals surface area contributed by atoms with E-state index in [-0.39, 0.29) is 24.4 Å². The van der Waals surface area contributed by atoms with Gasteiger partial charge < -0.3 is 11.1 Å². The molecule has 3 N–H and O–H groups in total. The molecule has 0 aliphatic rings. The monoisotopic (exact) mass is 392 g/mol. The highest BCUT2D eigenvalue weighted by molar-refractivity contribution is 7.12. The topological polar surface area (TPSA) is 98.7 Å². The van der Waals surface area contributed by atoms with Crippen LogP contribution in [0.2, 0.25) is 0 Å². The van der Waals surface area contributed by atoms with E-state index in [2.05, 4.69) is 46.8 Å². The third kappa shape index (κ3) is 4.46. The normalized spacial score (nSPS) is 11.8. The average molecular weight is 393 g/mol. The van der Waals surface area contributed by atoms with Crippen LogP contribution in [-0.2, 0) is 0 Å². The second kappa shape index (κ2) is 8.88. The molecule has 0 aliphatic heterocycles. The molecule has 1 amide bonds. The summed E-state index contributed by atoms with van der Waals surface area (Å²) in [6.07, 6.45) is 1.46. The van der Waals surface area contributed by atoms with Crippen LogP contribution in [0.5, 0.6) is 0 Å². The van der Waals surface area contributed by atoms with Crippen molar-refractivity contribution in [1.29, 1.82) is 0 Å². The molecule has 1 atom stereocenters. The molecule has 2 aromatic heterocycles. The molecule has 1 unspecified atom stereocenters. The molecule has 3 aromatic rings. The molecular weight excluding hydrogens is 372 g/mol. The maximum Gasteiger partial charge on any atom is 0.263 e. The van der Waals surface area contributed by atoms with Gasteiger partial charge in [-0.1, -0.05) is 38.1 Å². The van der Waals surface area contributed by atoms with Gasteiger partial charge >= 0.3 is 0 Å². The molecule has 2 heterocycles. The van der Waals surface area contributed by atoms with E-state index in [1.165, 1.54) is 27.9 Å². The van der Waals surface area contributed by atoms with E-state index < -0.39 is 0 Å². The Bertz CT molecular complexity index is 831. The predicted molar refractivity (Wildman–Crippen MR) is 104 cm³/mol. The lowest BCUT2D eigenvalue weighted by atomic mass is 9.99. The summed E-state index contributed by atoms with van der Waals surface area (Å²) in [6.45, 7) is 4.66. The number of carbonyl (C=O) groups excluding carboxylic acids is 1. The fourth-order valence-corrected chi connectivity index (χ4v) is 3.25. The Kier molecular flexibility index (Phi) is 6.84. The number of thiophene rings is 1. The van der Waals surface area contributed by atoms with Gasteiger partial charge in [-0.25, -0.2) is 0 Å². The summed E-state index contributed by atoms with van der Waals surface area (Å²) >= 11 is 1.34. The lowest BCUT2D eigenvalue weighted by molar-refractivity contribution is 0.0955. The molecule has 7 nitrogen and oxygen atoms in total. The summed E-state index contributed by atoms with van der Waals surface area (Å²) < 4.78 is 1.47. The fraction of sp³-hybridized carbons (Fsp3) is 0.294. The zero-order valence-electron chi connectivity index (χ0n) is 14.5. The van der Waals surface area contributed by atoms with Crippen molar-refractivity contribution >= 4 is 29.7 Å². The van der Waals surface area contributed by atoms with E-state index in [1.807, 2.05) is 17.5 Å². The van der Waals surface area contributed by atoms with Crippen molar-refractivity contribution in [3.05, 3.63) is 58.0 Å². The smallest absolute Gasteiger partial charge is 0.263 e. The second-order valence-electron chi connectivity index (χ2n) is 6.03. The van der Waals surface area contributed by atoms with Crippen molar-refractivity contribution in [3.8, 4) is 5.69 Å². The molecule has 3 rings (SSSR count). The van der Waals surface area contributed by atoms with Crippen LogP contribution < -0.4 is 11.1 Å². The summed E-state index contributed by atoms with van der Waals surface area (Å²) in [5, 5.41) is 15.7. The highest BCUT2D eigenvalue weighted by Gasteiger charge is 2.16. The number of rotatable bonds is 6. The van der Waals surface area contributed by atoms with Gasteiger partial charge in [-0.2, -0.15) is 4.68 Å². The van der Waals surface area contributed by atoms with E-state index in [9.17, 15) is 4.79 Å². The molecule has 1 aromatic carbocycles. The standard InChI is InChI=1S/C17H20N6OS.ClH/c1-11(2)12-3-5-13(6-4-12)14(18)9-19-17(24)16-15(7-8-25-16)23-10-20-21-22-23;/h3-8,10-11,14H,9,18H2,1-2H3,(H,19,24);1H. The first-order chi connectivity index (χ1) is 12.1. The lowest BCUT2D eigenvalue weighted by Gasteiger charge is -2.14. The van der Waals surface area contributed by atoms with Crippen LogP contribution in [0, 0.1) is 0 Å². The van der Waals surface area contributed by atoms with Crippen LogP contribution in [0.15, 0.2) is 42.0 Å². The highest BCUT2D eigenvalue weighted by atomic mass is 35.5. The first kappa shape index (κ1) is 20.0. The third-order valence-corrected chi connectivity index (χ3v) is 4.86. The fourth-order valence-electron chi connectivity index (χ4n) is 2.45. The quantitative estimate of drug-likeness (QED) is 0.671. The highest BCUT2D eigenvalue weighted by Crippen LogP contribution is 2.20. The number of nitrogens with one attached hydrogen (secondary N) is 1. The average Bonchev–Trinajstić information content (AvgIpc) is 3.30. The number of benzene rings is 1. The zero-order chi connectivity index (χ0) is 17.8. The molecule has 0 bridgehead atoms. The molecule has 0 spiro atoms. The summed E-state index contributed by atoms with van der Waals surface area (Å²) in [4.78, 5) is 13.0. The first-order valence-corrected chi connectivity index (χ1v) is 8.88. The Morgan fingerprint density at radius 2 is 1.92 bits per heavy atom. The van der Waals surface area contributed by atoms with E-state index >= 15 is 0 Å². The van der Waals surface area contributed by atoms with Crippen LogP contribution in [-0.4, -0.2) is 32.7 Å². The third-order valence-electron chi connectivity index (χ3n) is 3.96. The number of carbonyl (C=O) groups is 1. The molecule has 0 saturated heterocycles. The predicted octanol–water partition coefficient (Wildman–Crippen LogP) is 2.70. The van der Waals surface area contributed by atoms with Gasteiger partial charge in [0.05, 0.1) is 5.69 Å². The summed E-state index contributed by atoms with van der Waals surface area (Å²) in [5.41, 5.74) is 9.13. The van der Waals surface area contributed by atoms with Gasteiger partial charge in [0.2, 0.25) is 0 Å². The Hall–Kier alpha value is -2.29. The van der Waals surface area contributed by atoms with Crippen LogP contribution >= 0.6 is 23.7 Å². The summed E-state index contributed by atoms with van der Waals surface area (Å²) in [7, 11) is 0. The van der Waals surface area contributed by atoms with Crippen molar-refractivity contribution in [2.24, 2.45) is 5.73 Å². The van der Waals surface area contributed by atoms with Crippen molar-refractivity contribution in [2.75, 3.05) is 6.54 Å². The molecule has 138 valence electrons. The minimum absolute atomic E-state index is 0. The molecule has 9 heteroatoms. The maximum absolute atomic E-state index is 12.5. The number of aromatic nitrogens is 4. The van der Waals surface area contributed by atoms with E-state index in [1.54, 1.807) is 6.07 Å². The summed E-state index contributed by atoms with van der Waals surface area (Å²) in [5.74, 6) is 0.295. The number of hydrogen-bond donors (Lipinski definition) is 2. The van der Waals surface area contributed by atoms with Crippen molar-refractivity contribution in [1.82, 2.24) is 25.5 Å². The van der Waals surface area contributed by atoms with E-state index in [0.717, 1.165) is 5.56 Å². The van der Waals surface area contributed by atoms with Crippen LogP contribution in [0.3, 0.4) is 0 Å². The van der Waals surface area contributed by atoms with Gasteiger partial charge in [-0.15, -0.1) is 28.8 Å². The van der Waals surface area contributed by atoms with Gasteiger partial charge in [0.15, 0.2) is 0 Å². The Balaban J connectivity index is 0.00000243. The molecule has 0 saturated carbocycles. The Morgan fingerprint density at radius 3 is 2.54 bits per heavy atom. The number of nitrogens with zero attached hydrogens (tertiary/aromatic N) is 4. The van der Waals surface area contributed by atoms with Gasteiger partial charge in [-0.3, -0.25) is 4.79 Å². The van der Waals surface area contributed by atoms with Crippen LogP contribution in [0.25, 0.3) is 5.69 Å².